The van der Waals surface area contributed by atoms with Crippen LogP contribution in [-0.2, 0) is 12.8 Å². The van der Waals surface area contributed by atoms with Gasteiger partial charge in [-0.15, -0.1) is 22.7 Å². The monoisotopic (exact) mass is 912 g/mol. The minimum absolute atomic E-state index is 0.0856. The lowest BCUT2D eigenvalue weighted by molar-refractivity contribution is -0.0414. The molecular formula is C56H52N2O6S2. The van der Waals surface area contributed by atoms with Crippen molar-refractivity contribution in [2.75, 3.05) is 0 Å². The topological polar surface area (TPSA) is 122 Å². The van der Waals surface area contributed by atoms with Gasteiger partial charge in [-0.05, 0) is 109 Å². The molecule has 3 atom stereocenters. The second kappa shape index (κ2) is 18.2. The van der Waals surface area contributed by atoms with Gasteiger partial charge < -0.3 is 24.8 Å². The Hall–Kier alpha value is -6.17. The lowest BCUT2D eigenvalue weighted by Gasteiger charge is -2.28. The summed E-state index contributed by atoms with van der Waals surface area (Å²) in [5.41, 5.74) is 10.2. The van der Waals surface area contributed by atoms with Crippen molar-refractivity contribution in [3.8, 4) is 45.1 Å². The molecular weight excluding hydrogens is 861 g/mol. The number of aromatic carboxylic acids is 1. The van der Waals surface area contributed by atoms with Crippen LogP contribution in [0.3, 0.4) is 0 Å². The van der Waals surface area contributed by atoms with Crippen LogP contribution in [0.5, 0.6) is 11.5 Å². The van der Waals surface area contributed by atoms with Gasteiger partial charge in [0.05, 0.1) is 44.9 Å². The fraction of sp³-hybridized carbons (Fsp3) is 0.268. The smallest absolute Gasteiger partial charge is 0.336 e. The number of carbonyl (C=O) groups is 1. The number of nitrogens with zero attached hydrogens (tertiary/aromatic N) is 2. The average Bonchev–Trinajstić information content (AvgIpc) is 3.97. The second-order valence-corrected chi connectivity index (χ2v) is 19.4. The minimum Gasteiger partial charge on any atom is -0.490 e. The summed E-state index contributed by atoms with van der Waals surface area (Å²) in [4.78, 5) is 23.5. The second-order valence-electron chi connectivity index (χ2n) is 17.6. The van der Waals surface area contributed by atoms with Gasteiger partial charge in [0.15, 0.2) is 6.29 Å². The lowest BCUT2D eigenvalue weighted by Crippen LogP contribution is -2.24. The number of hydrogen-bond donors (Lipinski definition) is 3. The zero-order valence-electron chi connectivity index (χ0n) is 37.5. The number of thiophene rings is 2. The Balaban J connectivity index is 0.987. The van der Waals surface area contributed by atoms with Crippen LogP contribution >= 0.6 is 22.7 Å². The molecule has 3 N–H and O–H groups in total. The zero-order valence-corrected chi connectivity index (χ0v) is 39.1. The summed E-state index contributed by atoms with van der Waals surface area (Å²) in [5, 5.41) is 39.7. The number of aliphatic hydroxyl groups excluding tert-OH is 1. The third kappa shape index (κ3) is 8.10. The fourth-order valence-electron chi connectivity index (χ4n) is 9.86. The van der Waals surface area contributed by atoms with Gasteiger partial charge in [0, 0.05) is 47.6 Å². The molecule has 10 heteroatoms. The third-order valence-electron chi connectivity index (χ3n) is 13.3. The maximum Gasteiger partial charge on any atom is 0.336 e. The summed E-state index contributed by atoms with van der Waals surface area (Å²) in [5.74, 6) is 0.739. The van der Waals surface area contributed by atoms with E-state index in [0.717, 1.165) is 96.7 Å². The van der Waals surface area contributed by atoms with Crippen LogP contribution in [0.4, 0.5) is 0 Å². The molecule has 1 aliphatic carbocycles. The fourth-order valence-corrected chi connectivity index (χ4v) is 11.8. The Labute approximate surface area is 392 Å². The maximum absolute atomic E-state index is 13.0. The largest absolute Gasteiger partial charge is 0.490 e. The highest BCUT2D eigenvalue weighted by Crippen LogP contribution is 2.44. The highest BCUT2D eigenvalue weighted by molar-refractivity contribution is 7.18. The van der Waals surface area contributed by atoms with Crippen molar-refractivity contribution in [2.45, 2.75) is 91.1 Å². The summed E-state index contributed by atoms with van der Waals surface area (Å²) in [6, 6.07) is 34.3. The molecule has 0 amide bonds. The number of aliphatic hydroxyl groups is 2. The predicted octanol–water partition coefficient (Wildman–Crippen LogP) is 14.5. The molecule has 334 valence electrons. The Morgan fingerprint density at radius 3 is 1.91 bits per heavy atom. The molecule has 0 bridgehead atoms. The van der Waals surface area contributed by atoms with E-state index in [1.807, 2.05) is 54.6 Å². The van der Waals surface area contributed by atoms with E-state index in [1.54, 1.807) is 28.7 Å². The Morgan fingerprint density at radius 1 is 0.727 bits per heavy atom. The number of benzene rings is 5. The first-order valence-electron chi connectivity index (χ1n) is 23.1. The summed E-state index contributed by atoms with van der Waals surface area (Å²) >= 11 is 3.25. The number of aromatic nitrogens is 2. The van der Waals surface area contributed by atoms with Crippen molar-refractivity contribution >= 4 is 70.6 Å². The molecule has 0 aliphatic heterocycles. The predicted molar refractivity (Wildman–Crippen MR) is 269 cm³/mol. The molecule has 4 heterocycles. The SMILES string of the molecule is CCc1ccc(O[C@H](CC)c2ccccc2)c2c(C(=O)O)cc(-c3csc4cc(-c5ccc6c(-c7cc(C(O)O)c8c(O[C@@H]9CCC[C@@H](C)C9)ccc(CC)c8n7)csc6c5)ccc34)nc12. The number of fused-ring (bicyclic) bond motifs is 4. The van der Waals surface area contributed by atoms with Gasteiger partial charge in [0.25, 0.3) is 0 Å². The van der Waals surface area contributed by atoms with Crippen LogP contribution in [0.1, 0.15) is 105 Å². The Bertz CT molecular complexity index is 3280. The van der Waals surface area contributed by atoms with E-state index in [1.165, 1.54) is 6.42 Å². The highest BCUT2D eigenvalue weighted by Gasteiger charge is 2.26. The first-order chi connectivity index (χ1) is 32.1. The van der Waals surface area contributed by atoms with Crippen LogP contribution in [0.25, 0.3) is 75.6 Å². The van der Waals surface area contributed by atoms with Gasteiger partial charge in [-0.25, -0.2) is 14.8 Å². The van der Waals surface area contributed by atoms with E-state index < -0.39 is 12.3 Å². The van der Waals surface area contributed by atoms with Gasteiger partial charge in [-0.1, -0.05) is 101 Å². The van der Waals surface area contributed by atoms with Crippen LogP contribution in [0.15, 0.2) is 114 Å². The molecule has 1 fully saturated rings. The van der Waals surface area contributed by atoms with Crippen molar-refractivity contribution in [3.05, 3.63) is 142 Å². The van der Waals surface area contributed by atoms with Crippen molar-refractivity contribution in [1.29, 1.82) is 0 Å². The van der Waals surface area contributed by atoms with E-state index >= 15 is 0 Å². The molecule has 5 aromatic carbocycles. The minimum atomic E-state index is -1.70. The van der Waals surface area contributed by atoms with Crippen molar-refractivity contribution in [3.63, 3.8) is 0 Å². The molecule has 0 spiro atoms. The van der Waals surface area contributed by atoms with Crippen LogP contribution in [0, 0.1) is 5.92 Å². The van der Waals surface area contributed by atoms with E-state index in [9.17, 15) is 20.1 Å². The number of pyridine rings is 2. The van der Waals surface area contributed by atoms with E-state index in [-0.39, 0.29) is 17.8 Å². The zero-order chi connectivity index (χ0) is 45.6. The highest BCUT2D eigenvalue weighted by atomic mass is 32.1. The molecule has 0 saturated heterocycles. The quantitative estimate of drug-likeness (QED) is 0.0978. The number of hydrogen-bond acceptors (Lipinski definition) is 9. The number of ether oxygens (including phenoxy) is 2. The number of carboxylic acid groups (broad SMARTS) is 1. The van der Waals surface area contributed by atoms with Crippen LogP contribution in [0.2, 0.25) is 0 Å². The van der Waals surface area contributed by atoms with Crippen molar-refractivity contribution in [1.82, 2.24) is 9.97 Å². The molecule has 0 unspecified atom stereocenters. The third-order valence-corrected chi connectivity index (χ3v) is 15.2. The van der Waals surface area contributed by atoms with Crippen molar-refractivity contribution < 1.29 is 29.6 Å². The molecule has 4 aromatic heterocycles. The molecule has 0 radical (unpaired) electrons. The van der Waals surface area contributed by atoms with Gasteiger partial charge in [-0.2, -0.15) is 0 Å². The summed E-state index contributed by atoms with van der Waals surface area (Å²) in [7, 11) is 0. The average molecular weight is 913 g/mol. The van der Waals surface area contributed by atoms with Gasteiger partial charge >= 0.3 is 5.97 Å². The Kier molecular flexibility index (Phi) is 12.1. The van der Waals surface area contributed by atoms with Gasteiger partial charge in [0.2, 0.25) is 0 Å². The number of aryl methyl sites for hydroxylation is 2. The summed E-state index contributed by atoms with van der Waals surface area (Å²) in [6.07, 6.45) is 4.60. The number of carboxylic acids is 1. The van der Waals surface area contributed by atoms with Crippen LogP contribution < -0.4 is 9.47 Å². The lowest BCUT2D eigenvalue weighted by atomic mass is 9.88. The molecule has 9 aromatic rings. The normalized spacial score (nSPS) is 15.9. The van der Waals surface area contributed by atoms with Crippen LogP contribution in [-0.4, -0.2) is 37.4 Å². The maximum atomic E-state index is 13.0. The summed E-state index contributed by atoms with van der Waals surface area (Å²) < 4.78 is 15.4. The van der Waals surface area contributed by atoms with E-state index in [2.05, 4.69) is 80.9 Å². The molecule has 10 rings (SSSR count). The van der Waals surface area contributed by atoms with E-state index in [4.69, 9.17) is 19.4 Å². The summed E-state index contributed by atoms with van der Waals surface area (Å²) in [6.45, 7) is 8.48. The standard InChI is InChI=1S/C56H52N2O6S2/c1-5-32-18-22-47(63-37-15-11-12-31(4)24-37)51-40(55(59)60)27-44(57-53(32)51)42-29-65-49-25-35(16-20-38(42)49)36-17-21-39-43(30-66-50(39)26-36)45-28-41(56(61)62)52-48(23-19-33(6-2)54(52)58-45)64-46(7-3)34-13-9-8-10-14-34/h8-10,13-14,16-23,25-31,37,46,55,59-60H,5-7,11-12,15,24H2,1-4H3,(H,61,62)/t31-,37-,46-/m1/s1. The van der Waals surface area contributed by atoms with Gasteiger partial charge in [0.1, 0.15) is 17.6 Å². The van der Waals surface area contributed by atoms with E-state index in [0.29, 0.717) is 57.1 Å². The molecule has 8 nitrogen and oxygen atoms in total. The first-order valence-corrected chi connectivity index (χ1v) is 24.8. The molecule has 66 heavy (non-hydrogen) atoms. The van der Waals surface area contributed by atoms with Crippen molar-refractivity contribution in [2.24, 2.45) is 5.92 Å². The van der Waals surface area contributed by atoms with Gasteiger partial charge in [-0.3, -0.25) is 0 Å². The molecule has 1 aliphatic rings. The Morgan fingerprint density at radius 2 is 1.33 bits per heavy atom. The number of rotatable bonds is 13. The first kappa shape index (κ1) is 43.7. The molecule has 1 saturated carbocycles.